The van der Waals surface area contributed by atoms with Crippen molar-refractivity contribution in [3.8, 4) is 11.3 Å². The minimum absolute atomic E-state index is 0.352. The number of hydrogen-bond donors (Lipinski definition) is 1. The van der Waals surface area contributed by atoms with E-state index in [4.69, 9.17) is 16.3 Å². The Morgan fingerprint density at radius 3 is 2.95 bits per heavy atom. The van der Waals surface area contributed by atoms with Crippen LogP contribution in [0.1, 0.15) is 5.56 Å². The molecule has 4 nitrogen and oxygen atoms in total. The van der Waals surface area contributed by atoms with Crippen molar-refractivity contribution in [3.63, 3.8) is 0 Å². The highest BCUT2D eigenvalue weighted by molar-refractivity contribution is 6.33. The largest absolute Gasteiger partial charge is 0.383 e. The topological polar surface area (TPSA) is 39.1 Å². The predicted octanol–water partition coefficient (Wildman–Crippen LogP) is 2.62. The van der Waals surface area contributed by atoms with Crippen molar-refractivity contribution in [2.24, 2.45) is 7.05 Å². The lowest BCUT2D eigenvalue weighted by atomic mass is 10.1. The lowest BCUT2D eigenvalue weighted by Crippen LogP contribution is -2.18. The second kappa shape index (κ2) is 6.83. The molecule has 1 aromatic heterocycles. The molecule has 0 aliphatic heterocycles. The smallest absolute Gasteiger partial charge is 0.124 e. The van der Waals surface area contributed by atoms with Crippen molar-refractivity contribution in [1.29, 1.82) is 0 Å². The predicted molar refractivity (Wildman–Crippen MR) is 77.2 cm³/mol. The van der Waals surface area contributed by atoms with E-state index in [2.05, 4.69) is 10.4 Å². The van der Waals surface area contributed by atoms with Gasteiger partial charge in [0.1, 0.15) is 5.82 Å². The van der Waals surface area contributed by atoms with Crippen molar-refractivity contribution < 1.29 is 9.13 Å². The molecule has 0 atom stereocenters. The Labute approximate surface area is 122 Å². The van der Waals surface area contributed by atoms with Gasteiger partial charge in [-0.2, -0.15) is 5.10 Å². The Morgan fingerprint density at radius 1 is 1.45 bits per heavy atom. The van der Waals surface area contributed by atoms with Crippen molar-refractivity contribution in [2.75, 3.05) is 20.3 Å². The average molecular weight is 298 g/mol. The van der Waals surface area contributed by atoms with Crippen LogP contribution in [0.3, 0.4) is 0 Å². The monoisotopic (exact) mass is 297 g/mol. The Bertz CT molecular complexity index is 586. The maximum Gasteiger partial charge on any atom is 0.124 e. The normalized spacial score (nSPS) is 11.0. The first-order valence-electron chi connectivity index (χ1n) is 6.29. The van der Waals surface area contributed by atoms with Crippen molar-refractivity contribution in [3.05, 3.63) is 40.8 Å². The summed E-state index contributed by atoms with van der Waals surface area (Å²) >= 11 is 6.10. The fourth-order valence-corrected chi connectivity index (χ4v) is 2.23. The van der Waals surface area contributed by atoms with Gasteiger partial charge in [0, 0.05) is 44.6 Å². The van der Waals surface area contributed by atoms with Crippen LogP contribution in [0.4, 0.5) is 4.39 Å². The zero-order valence-corrected chi connectivity index (χ0v) is 12.2. The van der Waals surface area contributed by atoms with Gasteiger partial charge in [-0.3, -0.25) is 4.68 Å². The molecule has 1 N–H and O–H groups in total. The number of hydrogen-bond acceptors (Lipinski definition) is 3. The lowest BCUT2D eigenvalue weighted by molar-refractivity contribution is 0.199. The summed E-state index contributed by atoms with van der Waals surface area (Å²) in [6.07, 6.45) is 1.93. The molecule has 0 spiro atoms. The van der Waals surface area contributed by atoms with Crippen LogP contribution in [0.2, 0.25) is 5.02 Å². The molecule has 0 bridgehead atoms. The van der Waals surface area contributed by atoms with Crippen LogP contribution in [0.15, 0.2) is 24.4 Å². The van der Waals surface area contributed by atoms with Gasteiger partial charge in [0.05, 0.1) is 17.3 Å². The number of nitrogens with one attached hydrogen (secondary N) is 1. The molecule has 1 heterocycles. The summed E-state index contributed by atoms with van der Waals surface area (Å²) in [7, 11) is 3.51. The molecule has 2 rings (SSSR count). The first-order valence-corrected chi connectivity index (χ1v) is 6.67. The molecule has 2 aromatic rings. The Hall–Kier alpha value is -1.43. The van der Waals surface area contributed by atoms with Crippen LogP contribution in [0, 0.1) is 5.82 Å². The number of ether oxygens (including phenoxy) is 1. The van der Waals surface area contributed by atoms with E-state index < -0.39 is 0 Å². The molecule has 0 amide bonds. The number of benzene rings is 1. The molecular weight excluding hydrogens is 281 g/mol. The van der Waals surface area contributed by atoms with Gasteiger partial charge >= 0.3 is 0 Å². The maximum absolute atomic E-state index is 13.1. The van der Waals surface area contributed by atoms with E-state index in [-0.39, 0.29) is 5.82 Å². The highest BCUT2D eigenvalue weighted by Crippen LogP contribution is 2.29. The second-order valence-corrected chi connectivity index (χ2v) is 4.88. The highest BCUT2D eigenvalue weighted by Gasteiger charge is 2.13. The molecule has 0 fully saturated rings. The van der Waals surface area contributed by atoms with E-state index in [1.807, 2.05) is 13.2 Å². The van der Waals surface area contributed by atoms with Crippen molar-refractivity contribution >= 4 is 11.6 Å². The van der Waals surface area contributed by atoms with Gasteiger partial charge in [-0.25, -0.2) is 4.39 Å². The SMILES string of the molecule is COCCNCc1cn(C)nc1-c1ccc(F)cc1Cl. The van der Waals surface area contributed by atoms with E-state index >= 15 is 0 Å². The number of nitrogens with zero attached hydrogens (tertiary/aromatic N) is 2. The number of aryl methyl sites for hydroxylation is 1. The third-order valence-corrected chi connectivity index (χ3v) is 3.20. The van der Waals surface area contributed by atoms with Crippen LogP contribution in [0.25, 0.3) is 11.3 Å². The van der Waals surface area contributed by atoms with Crippen LogP contribution in [0.5, 0.6) is 0 Å². The number of halogens is 2. The quantitative estimate of drug-likeness (QED) is 0.833. The lowest BCUT2D eigenvalue weighted by Gasteiger charge is -2.06. The molecule has 0 unspecified atom stereocenters. The molecule has 1 aromatic carbocycles. The highest BCUT2D eigenvalue weighted by atomic mass is 35.5. The van der Waals surface area contributed by atoms with Gasteiger partial charge in [0.25, 0.3) is 0 Å². The minimum Gasteiger partial charge on any atom is -0.383 e. The van der Waals surface area contributed by atoms with Gasteiger partial charge in [0.2, 0.25) is 0 Å². The zero-order valence-electron chi connectivity index (χ0n) is 11.5. The summed E-state index contributed by atoms with van der Waals surface area (Å²) in [4.78, 5) is 0. The molecule has 0 radical (unpaired) electrons. The molecule has 20 heavy (non-hydrogen) atoms. The third-order valence-electron chi connectivity index (χ3n) is 2.89. The zero-order chi connectivity index (χ0) is 14.5. The van der Waals surface area contributed by atoms with Crippen LogP contribution in [-0.4, -0.2) is 30.0 Å². The minimum atomic E-state index is -0.352. The number of methoxy groups -OCH3 is 1. The van der Waals surface area contributed by atoms with Gasteiger partial charge in [0.15, 0.2) is 0 Å². The van der Waals surface area contributed by atoms with Crippen LogP contribution < -0.4 is 5.32 Å². The maximum atomic E-state index is 13.1. The van der Waals surface area contributed by atoms with E-state index in [1.165, 1.54) is 12.1 Å². The fourth-order valence-electron chi connectivity index (χ4n) is 1.97. The van der Waals surface area contributed by atoms with Crippen LogP contribution >= 0.6 is 11.6 Å². The number of rotatable bonds is 6. The fraction of sp³-hybridized carbons (Fsp3) is 0.357. The Balaban J connectivity index is 2.22. The second-order valence-electron chi connectivity index (χ2n) is 4.47. The van der Waals surface area contributed by atoms with E-state index in [9.17, 15) is 4.39 Å². The standard InChI is InChI=1S/C14H17ClFN3O/c1-19-9-10(8-17-5-6-20-2)14(18-19)12-4-3-11(16)7-13(12)15/h3-4,7,9,17H,5-6,8H2,1-2H3. The molecule has 0 saturated carbocycles. The van der Waals surface area contributed by atoms with Gasteiger partial charge in [-0.1, -0.05) is 11.6 Å². The molecule has 0 aliphatic rings. The van der Waals surface area contributed by atoms with Gasteiger partial charge < -0.3 is 10.1 Å². The van der Waals surface area contributed by atoms with Gasteiger partial charge in [-0.15, -0.1) is 0 Å². The Kier molecular flexibility index (Phi) is 5.11. The Morgan fingerprint density at radius 2 is 2.25 bits per heavy atom. The first kappa shape index (κ1) is 15.0. The first-order chi connectivity index (χ1) is 9.61. The number of aromatic nitrogens is 2. The molecule has 0 aliphatic carbocycles. The summed E-state index contributed by atoms with van der Waals surface area (Å²) in [6.45, 7) is 2.05. The van der Waals surface area contributed by atoms with Crippen LogP contribution in [-0.2, 0) is 18.3 Å². The molecule has 6 heteroatoms. The summed E-state index contributed by atoms with van der Waals surface area (Å²) in [5, 5.41) is 8.03. The average Bonchev–Trinajstić information content (AvgIpc) is 2.76. The molecule has 0 saturated heterocycles. The van der Waals surface area contributed by atoms with E-state index in [0.717, 1.165) is 23.4 Å². The van der Waals surface area contributed by atoms with Crippen molar-refractivity contribution in [1.82, 2.24) is 15.1 Å². The van der Waals surface area contributed by atoms with E-state index in [1.54, 1.807) is 17.9 Å². The van der Waals surface area contributed by atoms with Gasteiger partial charge in [-0.05, 0) is 18.2 Å². The van der Waals surface area contributed by atoms with E-state index in [0.29, 0.717) is 18.2 Å². The third kappa shape index (κ3) is 3.56. The molecular formula is C14H17ClFN3O. The molecule has 108 valence electrons. The summed E-state index contributed by atoms with van der Waals surface area (Å²) in [5.74, 6) is -0.352. The van der Waals surface area contributed by atoms with Crippen molar-refractivity contribution in [2.45, 2.75) is 6.54 Å². The summed E-state index contributed by atoms with van der Waals surface area (Å²) in [6, 6.07) is 4.34. The summed E-state index contributed by atoms with van der Waals surface area (Å²) in [5.41, 5.74) is 2.51. The summed E-state index contributed by atoms with van der Waals surface area (Å²) < 4.78 is 19.8.